The van der Waals surface area contributed by atoms with Gasteiger partial charge in [0.1, 0.15) is 5.00 Å². The monoisotopic (exact) mass is 378 g/mol. The largest absolute Gasteiger partial charge is 0.450 e. The van der Waals surface area contributed by atoms with Crippen LogP contribution in [0, 0.1) is 0 Å². The lowest BCUT2D eigenvalue weighted by Crippen LogP contribution is -2.32. The number of anilines is 1. The minimum Gasteiger partial charge on any atom is -0.450 e. The highest BCUT2D eigenvalue weighted by atomic mass is 32.1. The number of fused-ring (bicyclic) bond motifs is 1. The maximum atomic E-state index is 12.6. The summed E-state index contributed by atoms with van der Waals surface area (Å²) in [6.45, 7) is 1.85. The molecule has 1 aliphatic carbocycles. The van der Waals surface area contributed by atoms with Crippen LogP contribution in [-0.4, -0.2) is 24.5 Å². The van der Waals surface area contributed by atoms with Crippen molar-refractivity contribution in [2.45, 2.75) is 32.6 Å². The summed E-state index contributed by atoms with van der Waals surface area (Å²) in [5, 5.41) is 7.39. The zero-order chi connectivity index (χ0) is 17.8. The number of carbonyl (C=O) groups is 3. The molecule has 2 heterocycles. The van der Waals surface area contributed by atoms with Crippen LogP contribution in [0.15, 0.2) is 17.5 Å². The van der Waals surface area contributed by atoms with Gasteiger partial charge in [0.25, 0.3) is 11.8 Å². The van der Waals surface area contributed by atoms with E-state index in [0.29, 0.717) is 15.4 Å². The molecule has 0 bridgehead atoms. The van der Waals surface area contributed by atoms with Crippen molar-refractivity contribution < 1.29 is 19.1 Å². The number of hydrogen-bond donors (Lipinski definition) is 2. The van der Waals surface area contributed by atoms with E-state index >= 15 is 0 Å². The number of thiophene rings is 2. The summed E-state index contributed by atoms with van der Waals surface area (Å²) in [7, 11) is 0. The van der Waals surface area contributed by atoms with Gasteiger partial charge < -0.3 is 10.1 Å². The van der Waals surface area contributed by atoms with Crippen LogP contribution < -0.4 is 10.6 Å². The van der Waals surface area contributed by atoms with Gasteiger partial charge in [-0.05, 0) is 49.6 Å². The van der Waals surface area contributed by atoms with Crippen molar-refractivity contribution in [3.05, 3.63) is 38.4 Å². The van der Waals surface area contributed by atoms with Gasteiger partial charge in [0, 0.05) is 4.88 Å². The van der Waals surface area contributed by atoms with Crippen LogP contribution in [0.5, 0.6) is 0 Å². The number of hydrogen-bond acceptors (Lipinski definition) is 6. The van der Waals surface area contributed by atoms with Crippen molar-refractivity contribution in [1.29, 1.82) is 0 Å². The highest BCUT2D eigenvalue weighted by molar-refractivity contribution is 7.17. The van der Waals surface area contributed by atoms with Crippen molar-refractivity contribution in [2.24, 2.45) is 0 Å². The standard InChI is InChI=1S/C17H18N2O4S2/c1-2-23-17(22)19-15(21)13-10-6-3-4-7-11(10)25-16(13)18-14(20)12-8-5-9-24-12/h5,8-9H,2-4,6-7H2,1H3,(H,18,20)(H,19,21,22). The Morgan fingerprint density at radius 2 is 2.00 bits per heavy atom. The summed E-state index contributed by atoms with van der Waals surface area (Å²) >= 11 is 2.75. The summed E-state index contributed by atoms with van der Waals surface area (Å²) in [6, 6.07) is 3.53. The van der Waals surface area contributed by atoms with Crippen LogP contribution in [0.3, 0.4) is 0 Å². The molecule has 0 aliphatic heterocycles. The van der Waals surface area contributed by atoms with E-state index in [0.717, 1.165) is 36.1 Å². The molecule has 3 amide bonds. The third kappa shape index (κ3) is 3.91. The van der Waals surface area contributed by atoms with Crippen LogP contribution in [0.25, 0.3) is 0 Å². The van der Waals surface area contributed by atoms with Gasteiger partial charge in [0.2, 0.25) is 0 Å². The predicted molar refractivity (Wildman–Crippen MR) is 97.7 cm³/mol. The lowest BCUT2D eigenvalue weighted by atomic mass is 9.95. The lowest BCUT2D eigenvalue weighted by molar-refractivity contribution is 0.0925. The van der Waals surface area contributed by atoms with Crippen LogP contribution in [0.4, 0.5) is 9.80 Å². The molecule has 3 rings (SSSR count). The Bertz CT molecular complexity index is 796. The Labute approximate surface area is 153 Å². The summed E-state index contributed by atoms with van der Waals surface area (Å²) in [5.41, 5.74) is 1.32. The Morgan fingerprint density at radius 3 is 2.72 bits per heavy atom. The van der Waals surface area contributed by atoms with Crippen molar-refractivity contribution in [1.82, 2.24) is 5.32 Å². The fraction of sp³-hybridized carbons (Fsp3) is 0.353. The number of imide groups is 1. The maximum Gasteiger partial charge on any atom is 0.414 e. The smallest absolute Gasteiger partial charge is 0.414 e. The van der Waals surface area contributed by atoms with Crippen molar-refractivity contribution in [3.8, 4) is 0 Å². The molecule has 2 aromatic rings. The van der Waals surface area contributed by atoms with Crippen molar-refractivity contribution >= 4 is 45.6 Å². The molecule has 2 aromatic heterocycles. The SMILES string of the molecule is CCOC(=O)NC(=O)c1c(NC(=O)c2cccs2)sc2c1CCCC2. The molecule has 6 nitrogen and oxygen atoms in total. The number of alkyl carbamates (subject to hydrolysis) is 1. The summed E-state index contributed by atoms with van der Waals surface area (Å²) in [4.78, 5) is 38.2. The summed E-state index contributed by atoms with van der Waals surface area (Å²) in [6.07, 6.45) is 2.92. The lowest BCUT2D eigenvalue weighted by Gasteiger charge is -2.12. The summed E-state index contributed by atoms with van der Waals surface area (Å²) in [5.74, 6) is -0.780. The first-order valence-electron chi connectivity index (χ1n) is 8.07. The average molecular weight is 378 g/mol. The number of nitrogens with one attached hydrogen (secondary N) is 2. The van der Waals surface area contributed by atoms with Gasteiger partial charge in [0.15, 0.2) is 0 Å². The molecule has 0 saturated carbocycles. The van der Waals surface area contributed by atoms with E-state index in [9.17, 15) is 14.4 Å². The number of ether oxygens (including phenoxy) is 1. The Kier molecular flexibility index (Phi) is 5.50. The third-order valence-electron chi connectivity index (χ3n) is 3.86. The first kappa shape index (κ1) is 17.6. The highest BCUT2D eigenvalue weighted by Crippen LogP contribution is 2.38. The zero-order valence-corrected chi connectivity index (χ0v) is 15.4. The first-order valence-corrected chi connectivity index (χ1v) is 9.77. The van der Waals surface area contributed by atoms with Crippen LogP contribution in [-0.2, 0) is 17.6 Å². The Morgan fingerprint density at radius 1 is 1.20 bits per heavy atom. The van der Waals surface area contributed by atoms with E-state index in [1.54, 1.807) is 19.1 Å². The van der Waals surface area contributed by atoms with E-state index in [-0.39, 0.29) is 12.5 Å². The Balaban J connectivity index is 1.89. The summed E-state index contributed by atoms with van der Waals surface area (Å²) < 4.78 is 4.78. The normalized spacial score (nSPS) is 13.0. The molecule has 0 spiro atoms. The molecule has 0 fully saturated rings. The fourth-order valence-corrected chi connectivity index (χ4v) is 4.69. The van der Waals surface area contributed by atoms with E-state index in [4.69, 9.17) is 4.74 Å². The first-order chi connectivity index (χ1) is 12.1. The van der Waals surface area contributed by atoms with Gasteiger partial charge in [-0.3, -0.25) is 14.9 Å². The number of aryl methyl sites for hydroxylation is 1. The number of amides is 3. The second-order valence-electron chi connectivity index (χ2n) is 5.52. The van der Waals surface area contributed by atoms with Crippen molar-refractivity contribution in [2.75, 3.05) is 11.9 Å². The quantitative estimate of drug-likeness (QED) is 0.847. The molecule has 2 N–H and O–H groups in total. The topological polar surface area (TPSA) is 84.5 Å². The van der Waals surface area contributed by atoms with Gasteiger partial charge in [-0.2, -0.15) is 0 Å². The molecular formula is C17H18N2O4S2. The maximum absolute atomic E-state index is 12.6. The van der Waals surface area contributed by atoms with E-state index < -0.39 is 12.0 Å². The predicted octanol–water partition coefficient (Wildman–Crippen LogP) is 3.83. The second-order valence-corrected chi connectivity index (χ2v) is 7.57. The number of carbonyl (C=O) groups excluding carboxylic acids is 3. The molecule has 1 aliphatic rings. The second kappa shape index (κ2) is 7.79. The molecule has 0 aromatic carbocycles. The molecule has 0 unspecified atom stereocenters. The highest BCUT2D eigenvalue weighted by Gasteiger charge is 2.27. The van der Waals surface area contributed by atoms with Crippen LogP contribution in [0.2, 0.25) is 0 Å². The molecule has 0 atom stereocenters. The van der Waals surface area contributed by atoms with Gasteiger partial charge in [0.05, 0.1) is 17.0 Å². The van der Waals surface area contributed by atoms with E-state index in [2.05, 4.69) is 10.6 Å². The minimum absolute atomic E-state index is 0.183. The van der Waals surface area contributed by atoms with Gasteiger partial charge in [-0.1, -0.05) is 6.07 Å². The molecule has 132 valence electrons. The van der Waals surface area contributed by atoms with Crippen molar-refractivity contribution in [3.63, 3.8) is 0 Å². The van der Waals surface area contributed by atoms with Crippen LogP contribution >= 0.6 is 22.7 Å². The fourth-order valence-electron chi connectivity index (χ4n) is 2.79. The average Bonchev–Trinajstić information content (AvgIpc) is 3.22. The molecule has 8 heteroatoms. The minimum atomic E-state index is -0.779. The molecule has 0 saturated heterocycles. The van der Waals surface area contributed by atoms with Crippen LogP contribution in [0.1, 0.15) is 50.2 Å². The number of rotatable bonds is 4. The van der Waals surface area contributed by atoms with E-state index in [1.165, 1.54) is 22.7 Å². The molecule has 25 heavy (non-hydrogen) atoms. The third-order valence-corrected chi connectivity index (χ3v) is 5.94. The molecular weight excluding hydrogens is 360 g/mol. The van der Waals surface area contributed by atoms with E-state index in [1.807, 2.05) is 5.38 Å². The molecule has 0 radical (unpaired) electrons. The van der Waals surface area contributed by atoms with Gasteiger partial charge in [-0.15, -0.1) is 22.7 Å². The van der Waals surface area contributed by atoms with Gasteiger partial charge >= 0.3 is 6.09 Å². The zero-order valence-electron chi connectivity index (χ0n) is 13.7. The van der Waals surface area contributed by atoms with Gasteiger partial charge in [-0.25, -0.2) is 4.79 Å². The Hall–Kier alpha value is -2.19.